The maximum atomic E-state index is 12.0. The highest BCUT2D eigenvalue weighted by Crippen LogP contribution is 2.29. The number of nitrogens with one attached hydrogen (secondary N) is 1. The molecule has 0 bridgehead atoms. The van der Waals surface area contributed by atoms with E-state index in [1.807, 2.05) is 0 Å². The zero-order valence-corrected chi connectivity index (χ0v) is 11.9. The van der Waals surface area contributed by atoms with Crippen molar-refractivity contribution in [3.05, 3.63) is 0 Å². The van der Waals surface area contributed by atoms with E-state index < -0.39 is 0 Å². The third-order valence-corrected chi connectivity index (χ3v) is 5.69. The van der Waals surface area contributed by atoms with Crippen molar-refractivity contribution in [1.82, 2.24) is 5.32 Å². The number of aliphatic hydroxyl groups excluding tert-OH is 1. The van der Waals surface area contributed by atoms with Crippen LogP contribution in [0.2, 0.25) is 0 Å². The van der Waals surface area contributed by atoms with Crippen molar-refractivity contribution in [3.63, 3.8) is 0 Å². The quantitative estimate of drug-likeness (QED) is 0.824. The zero-order chi connectivity index (χ0) is 12.8. The fourth-order valence-electron chi connectivity index (χ4n) is 3.09. The van der Waals surface area contributed by atoms with Crippen molar-refractivity contribution >= 4 is 17.7 Å². The van der Waals surface area contributed by atoms with Crippen LogP contribution in [-0.2, 0) is 4.79 Å². The van der Waals surface area contributed by atoms with Crippen molar-refractivity contribution in [3.8, 4) is 0 Å². The number of thioether (sulfide) groups is 1. The summed E-state index contributed by atoms with van der Waals surface area (Å²) in [4.78, 5) is 12.0. The molecule has 2 N–H and O–H groups in total. The van der Waals surface area contributed by atoms with Crippen LogP contribution >= 0.6 is 11.8 Å². The van der Waals surface area contributed by atoms with Gasteiger partial charge in [0.05, 0.1) is 5.25 Å². The molecule has 0 radical (unpaired) electrons. The van der Waals surface area contributed by atoms with Gasteiger partial charge in [-0.05, 0) is 43.3 Å². The van der Waals surface area contributed by atoms with Crippen LogP contribution in [0.4, 0.5) is 0 Å². The van der Waals surface area contributed by atoms with E-state index in [0.29, 0.717) is 11.8 Å². The maximum absolute atomic E-state index is 12.0. The summed E-state index contributed by atoms with van der Waals surface area (Å²) in [7, 11) is 0. The molecule has 3 nitrogen and oxygen atoms in total. The molecule has 0 aromatic rings. The third kappa shape index (κ3) is 3.89. The summed E-state index contributed by atoms with van der Waals surface area (Å²) in [6.45, 7) is 1.04. The largest absolute Gasteiger partial charge is 0.396 e. The number of aliphatic hydroxyl groups is 1. The van der Waals surface area contributed by atoms with Crippen LogP contribution in [0.5, 0.6) is 0 Å². The monoisotopic (exact) mass is 271 g/mol. The van der Waals surface area contributed by atoms with Gasteiger partial charge in [0.1, 0.15) is 0 Å². The number of carbonyl (C=O) groups is 1. The predicted octanol–water partition coefficient (Wildman–Crippen LogP) is 2.19. The first kappa shape index (κ1) is 14.2. The lowest BCUT2D eigenvalue weighted by molar-refractivity contribution is -0.121. The van der Waals surface area contributed by atoms with Crippen LogP contribution in [0, 0.1) is 11.8 Å². The number of amides is 1. The average molecular weight is 271 g/mol. The number of hydrogen-bond donors (Lipinski definition) is 2. The first-order chi connectivity index (χ1) is 8.81. The third-order valence-electron chi connectivity index (χ3n) is 4.31. The first-order valence-corrected chi connectivity index (χ1v) is 8.36. The molecule has 1 heterocycles. The molecule has 1 amide bonds. The highest BCUT2D eigenvalue weighted by atomic mass is 32.2. The van der Waals surface area contributed by atoms with Crippen molar-refractivity contribution in [2.45, 2.75) is 50.2 Å². The molecule has 0 spiro atoms. The lowest BCUT2D eigenvalue weighted by Crippen LogP contribution is -2.40. The summed E-state index contributed by atoms with van der Waals surface area (Å²) in [5, 5.41) is 12.6. The molecule has 1 aliphatic carbocycles. The van der Waals surface area contributed by atoms with Gasteiger partial charge in [-0.25, -0.2) is 0 Å². The summed E-state index contributed by atoms with van der Waals surface area (Å²) < 4.78 is 0. The van der Waals surface area contributed by atoms with E-state index in [-0.39, 0.29) is 17.8 Å². The molecule has 104 valence electrons. The van der Waals surface area contributed by atoms with Crippen LogP contribution in [0.25, 0.3) is 0 Å². The Hall–Kier alpha value is -0.220. The normalized spacial score (nSPS) is 33.1. The van der Waals surface area contributed by atoms with Crippen LogP contribution in [0.3, 0.4) is 0 Å². The van der Waals surface area contributed by atoms with E-state index in [9.17, 15) is 9.90 Å². The molecule has 0 aromatic carbocycles. The molecule has 0 aromatic heterocycles. The molecule has 3 atom stereocenters. The minimum Gasteiger partial charge on any atom is -0.396 e. The SMILES string of the molecule is O=C(NCC1CCCCC1CO)C1CCCCS1. The molecule has 1 saturated heterocycles. The lowest BCUT2D eigenvalue weighted by atomic mass is 9.79. The zero-order valence-electron chi connectivity index (χ0n) is 11.1. The van der Waals surface area contributed by atoms with E-state index >= 15 is 0 Å². The Morgan fingerprint density at radius 3 is 2.50 bits per heavy atom. The van der Waals surface area contributed by atoms with Gasteiger partial charge in [-0.15, -0.1) is 11.8 Å². The van der Waals surface area contributed by atoms with Crippen molar-refractivity contribution in [1.29, 1.82) is 0 Å². The Morgan fingerprint density at radius 1 is 1.11 bits per heavy atom. The van der Waals surface area contributed by atoms with Gasteiger partial charge in [-0.3, -0.25) is 4.79 Å². The topological polar surface area (TPSA) is 49.3 Å². The number of rotatable bonds is 4. The Kier molecular flexibility index (Phi) is 5.83. The summed E-state index contributed by atoms with van der Waals surface area (Å²) in [6, 6.07) is 0. The molecule has 1 aliphatic heterocycles. The predicted molar refractivity (Wildman–Crippen MR) is 75.6 cm³/mol. The Bertz CT molecular complexity index is 267. The molecule has 1 saturated carbocycles. The summed E-state index contributed by atoms with van der Waals surface area (Å²) in [6.07, 6.45) is 8.23. The highest BCUT2D eigenvalue weighted by molar-refractivity contribution is 8.00. The molecule has 2 fully saturated rings. The second kappa shape index (κ2) is 7.39. The lowest BCUT2D eigenvalue weighted by Gasteiger charge is -2.31. The fraction of sp³-hybridized carbons (Fsp3) is 0.929. The highest BCUT2D eigenvalue weighted by Gasteiger charge is 2.26. The molecule has 3 unspecified atom stereocenters. The van der Waals surface area contributed by atoms with Gasteiger partial charge in [-0.2, -0.15) is 0 Å². The number of carbonyl (C=O) groups excluding carboxylic acids is 1. The molecule has 4 heteroatoms. The minimum absolute atomic E-state index is 0.176. The van der Waals surface area contributed by atoms with Gasteiger partial charge in [0.15, 0.2) is 0 Å². The van der Waals surface area contributed by atoms with Crippen LogP contribution in [0.1, 0.15) is 44.9 Å². The van der Waals surface area contributed by atoms with Gasteiger partial charge in [-0.1, -0.05) is 19.3 Å². The summed E-state index contributed by atoms with van der Waals surface area (Å²) in [5.41, 5.74) is 0. The molecule has 2 aliphatic rings. The van der Waals surface area contributed by atoms with Crippen molar-refractivity contribution in [2.75, 3.05) is 18.9 Å². The van der Waals surface area contributed by atoms with Gasteiger partial charge in [0.25, 0.3) is 0 Å². The second-order valence-electron chi connectivity index (χ2n) is 5.59. The van der Waals surface area contributed by atoms with Crippen LogP contribution in [0.15, 0.2) is 0 Å². The van der Waals surface area contributed by atoms with Crippen molar-refractivity contribution in [2.24, 2.45) is 11.8 Å². The Labute approximate surface area is 114 Å². The molecular formula is C14H25NO2S. The Morgan fingerprint density at radius 2 is 1.83 bits per heavy atom. The standard InChI is InChI=1S/C14H25NO2S/c16-10-12-6-2-1-5-11(12)9-15-14(17)13-7-3-4-8-18-13/h11-13,16H,1-10H2,(H,15,17). The van der Waals surface area contributed by atoms with Crippen LogP contribution in [-0.4, -0.2) is 35.2 Å². The molecule has 2 rings (SSSR count). The minimum atomic E-state index is 0.176. The molecular weight excluding hydrogens is 246 g/mol. The average Bonchev–Trinajstić information content (AvgIpc) is 2.46. The molecule has 18 heavy (non-hydrogen) atoms. The van der Waals surface area contributed by atoms with Crippen LogP contribution < -0.4 is 5.32 Å². The van der Waals surface area contributed by atoms with E-state index in [0.717, 1.165) is 31.6 Å². The van der Waals surface area contributed by atoms with Gasteiger partial charge in [0, 0.05) is 13.2 Å². The van der Waals surface area contributed by atoms with E-state index in [2.05, 4.69) is 5.32 Å². The van der Waals surface area contributed by atoms with Gasteiger partial charge < -0.3 is 10.4 Å². The summed E-state index contributed by atoms with van der Waals surface area (Å²) >= 11 is 1.80. The van der Waals surface area contributed by atoms with E-state index in [4.69, 9.17) is 0 Å². The smallest absolute Gasteiger partial charge is 0.233 e. The fourth-order valence-corrected chi connectivity index (χ4v) is 4.31. The van der Waals surface area contributed by atoms with Gasteiger partial charge in [0.2, 0.25) is 5.91 Å². The first-order valence-electron chi connectivity index (χ1n) is 7.31. The second-order valence-corrected chi connectivity index (χ2v) is 6.90. The Balaban J connectivity index is 1.73. The summed E-state index contributed by atoms with van der Waals surface area (Å²) in [5.74, 6) is 2.24. The van der Waals surface area contributed by atoms with Crippen molar-refractivity contribution < 1.29 is 9.90 Å². The van der Waals surface area contributed by atoms with Gasteiger partial charge >= 0.3 is 0 Å². The van der Waals surface area contributed by atoms with E-state index in [1.54, 1.807) is 11.8 Å². The van der Waals surface area contributed by atoms with E-state index in [1.165, 1.54) is 25.7 Å². The number of hydrogen-bond acceptors (Lipinski definition) is 3. The maximum Gasteiger partial charge on any atom is 0.233 e.